The average molecular weight is 981 g/mol. The van der Waals surface area contributed by atoms with E-state index in [9.17, 15) is 0 Å². The number of furan rings is 2. The smallest absolute Gasteiger partial charge is 0.159 e. The Hall–Kier alpha value is -10.2. The number of nitrogens with zero attached hydrogens (tertiary/aromatic N) is 2. The van der Waals surface area contributed by atoms with Crippen LogP contribution in [0.3, 0.4) is 0 Å². The van der Waals surface area contributed by atoms with Crippen LogP contribution in [0, 0.1) is 0 Å². The van der Waals surface area contributed by atoms with Crippen LogP contribution >= 0.6 is 0 Å². The number of hydrogen-bond acceptors (Lipinski definition) is 4. The van der Waals surface area contributed by atoms with Crippen LogP contribution in [-0.4, -0.2) is 0 Å². The van der Waals surface area contributed by atoms with Gasteiger partial charge in [-0.15, -0.1) is 0 Å². The van der Waals surface area contributed by atoms with Crippen molar-refractivity contribution in [2.75, 3.05) is 9.80 Å². The molecule has 0 atom stereocenters. The lowest BCUT2D eigenvalue weighted by Gasteiger charge is -2.33. The molecule has 0 saturated carbocycles. The van der Waals surface area contributed by atoms with E-state index in [-0.39, 0.29) is 0 Å². The van der Waals surface area contributed by atoms with E-state index in [2.05, 4.69) is 265 Å². The highest BCUT2D eigenvalue weighted by atomic mass is 16.3. The van der Waals surface area contributed by atoms with E-state index >= 15 is 0 Å². The van der Waals surface area contributed by atoms with Gasteiger partial charge in [0.1, 0.15) is 11.2 Å². The minimum Gasteiger partial charge on any atom is -0.454 e. The van der Waals surface area contributed by atoms with Gasteiger partial charge in [-0.1, -0.05) is 194 Å². The molecule has 0 unspecified atom stereocenters. The van der Waals surface area contributed by atoms with Crippen molar-refractivity contribution in [3.63, 3.8) is 0 Å². The van der Waals surface area contributed by atoms with Gasteiger partial charge in [0.2, 0.25) is 0 Å². The van der Waals surface area contributed by atoms with Crippen molar-refractivity contribution in [3.8, 4) is 22.3 Å². The fourth-order valence-corrected chi connectivity index (χ4v) is 13.7. The lowest BCUT2D eigenvalue weighted by molar-refractivity contribution is 0.668. The highest BCUT2D eigenvalue weighted by Gasteiger charge is 2.53. The lowest BCUT2D eigenvalue weighted by Crippen LogP contribution is -2.26. The Bertz CT molecular complexity index is 4710. The Morgan fingerprint density at radius 3 is 1.31 bits per heavy atom. The van der Waals surface area contributed by atoms with Gasteiger partial charge in [0.15, 0.2) is 11.2 Å². The predicted molar refractivity (Wildman–Crippen MR) is 319 cm³/mol. The summed E-state index contributed by atoms with van der Waals surface area (Å²) in [4.78, 5) is 4.71. The van der Waals surface area contributed by atoms with Crippen LogP contribution < -0.4 is 9.80 Å². The summed E-state index contributed by atoms with van der Waals surface area (Å²) in [5.74, 6) is 0. The topological polar surface area (TPSA) is 32.8 Å². The molecule has 13 aromatic carbocycles. The largest absolute Gasteiger partial charge is 0.454 e. The van der Waals surface area contributed by atoms with E-state index in [0.717, 1.165) is 78.0 Å². The second-order valence-electron chi connectivity index (χ2n) is 20.6. The predicted octanol–water partition coefficient (Wildman–Crippen LogP) is 20.2. The summed E-state index contributed by atoms with van der Waals surface area (Å²) in [5.41, 5.74) is 19.4. The zero-order valence-electron chi connectivity index (χ0n) is 41.6. The van der Waals surface area contributed by atoms with E-state index < -0.39 is 5.41 Å². The molecule has 0 amide bonds. The Labute approximate surface area is 443 Å². The number of fused-ring (bicyclic) bond motifs is 22. The van der Waals surface area contributed by atoms with Gasteiger partial charge in [0.25, 0.3) is 0 Å². The Morgan fingerprint density at radius 1 is 0.273 bits per heavy atom. The minimum atomic E-state index is -0.652. The van der Waals surface area contributed by atoms with Crippen molar-refractivity contribution in [3.05, 3.63) is 289 Å². The molecule has 15 aromatic rings. The number of hydrogen-bond donors (Lipinski definition) is 0. The molecule has 0 saturated heterocycles. The maximum Gasteiger partial charge on any atom is 0.159 e. The standard InChI is InChI=1S/C73H44N2O2/c1-3-18-48(19-4-1)74(64-29-15-26-59-55-23-10-13-31-66(55)76-71(59)64)50-36-40-53-46(43-50)33-38-57-58-39-34-47-44-51(75(49-20-5-2-6-21-49)65-30-16-27-60-56-24-11-14-32-67(56)77-72(60)65)37-41-54(47)70(58)73(69(53)57)62-28-12-9-25-61(62)68-52-22-8-7-17-45(52)35-42-63(68)73/h1-44H. The molecule has 0 N–H and O–H groups in total. The summed E-state index contributed by atoms with van der Waals surface area (Å²) in [5, 5.41) is 11.7. The third-order valence-corrected chi connectivity index (χ3v) is 16.8. The second-order valence-corrected chi connectivity index (χ2v) is 20.6. The maximum absolute atomic E-state index is 6.73. The van der Waals surface area contributed by atoms with Crippen molar-refractivity contribution in [2.24, 2.45) is 0 Å². The fraction of sp³-hybridized carbons (Fsp3) is 0.0137. The molecule has 0 bridgehead atoms. The summed E-state index contributed by atoms with van der Waals surface area (Å²) < 4.78 is 13.5. The molecule has 2 aromatic heterocycles. The fourth-order valence-electron chi connectivity index (χ4n) is 13.7. The second kappa shape index (κ2) is 15.9. The summed E-state index contributed by atoms with van der Waals surface area (Å²) in [7, 11) is 0. The van der Waals surface area contributed by atoms with Crippen molar-refractivity contribution in [2.45, 2.75) is 5.41 Å². The first-order chi connectivity index (χ1) is 38.2. The van der Waals surface area contributed by atoms with E-state index in [4.69, 9.17) is 8.83 Å². The number of para-hydroxylation sites is 6. The Balaban J connectivity index is 0.919. The quantitative estimate of drug-likeness (QED) is 0.166. The van der Waals surface area contributed by atoms with Crippen LogP contribution in [0.15, 0.2) is 276 Å². The minimum absolute atomic E-state index is 0.652. The number of benzene rings is 13. The summed E-state index contributed by atoms with van der Waals surface area (Å²) >= 11 is 0. The van der Waals surface area contributed by atoms with Gasteiger partial charge in [-0.2, -0.15) is 0 Å². The van der Waals surface area contributed by atoms with Crippen molar-refractivity contribution in [1.29, 1.82) is 0 Å². The molecule has 1 spiro atoms. The molecule has 4 nitrogen and oxygen atoms in total. The SMILES string of the molecule is c1ccc(N(c2ccc3c4c(ccc3c2)-c2ccc3cc(N(c5ccccc5)c5cccc6c5oc5ccccc56)ccc3c2C42c3ccccc3-c3c2ccc2ccccc32)c2cccc3c2oc2ccccc23)cc1. The van der Waals surface area contributed by atoms with E-state index in [1.807, 2.05) is 12.1 Å². The first-order valence-electron chi connectivity index (χ1n) is 26.5. The van der Waals surface area contributed by atoms with Crippen LogP contribution in [-0.2, 0) is 5.41 Å². The number of anilines is 6. The zero-order valence-corrected chi connectivity index (χ0v) is 41.6. The third kappa shape index (κ3) is 5.81. The number of rotatable bonds is 6. The van der Waals surface area contributed by atoms with Crippen LogP contribution in [0.4, 0.5) is 34.1 Å². The lowest BCUT2D eigenvalue weighted by atomic mass is 9.68. The van der Waals surface area contributed by atoms with Crippen LogP contribution in [0.5, 0.6) is 0 Å². The van der Waals surface area contributed by atoms with Gasteiger partial charge in [0, 0.05) is 44.3 Å². The summed E-state index contributed by atoms with van der Waals surface area (Å²) in [6, 6.07) is 97.6. The maximum atomic E-state index is 6.73. The normalized spacial score (nSPS) is 13.0. The van der Waals surface area contributed by atoms with Crippen molar-refractivity contribution >= 4 is 110 Å². The Kier molecular flexibility index (Phi) is 8.73. The molecule has 2 aliphatic carbocycles. The molecule has 2 aliphatic rings. The van der Waals surface area contributed by atoms with E-state index in [1.54, 1.807) is 0 Å². The molecule has 0 radical (unpaired) electrons. The molecule has 4 heteroatoms. The Morgan fingerprint density at radius 2 is 0.740 bits per heavy atom. The highest BCUT2D eigenvalue weighted by Crippen LogP contribution is 2.66. The van der Waals surface area contributed by atoms with Crippen LogP contribution in [0.2, 0.25) is 0 Å². The van der Waals surface area contributed by atoms with Crippen LogP contribution in [0.25, 0.3) is 98.4 Å². The highest BCUT2D eigenvalue weighted by molar-refractivity contribution is 6.15. The molecular weight excluding hydrogens is 937 g/mol. The zero-order chi connectivity index (χ0) is 50.3. The van der Waals surface area contributed by atoms with Gasteiger partial charge < -0.3 is 18.6 Å². The van der Waals surface area contributed by atoms with Gasteiger partial charge in [-0.05, 0) is 150 Å². The van der Waals surface area contributed by atoms with Crippen LogP contribution in [0.1, 0.15) is 22.3 Å². The first kappa shape index (κ1) is 42.2. The van der Waals surface area contributed by atoms with Gasteiger partial charge >= 0.3 is 0 Å². The molecule has 17 rings (SSSR count). The third-order valence-electron chi connectivity index (χ3n) is 16.8. The molecular formula is C73H44N2O2. The summed E-state index contributed by atoms with van der Waals surface area (Å²) in [6.07, 6.45) is 0. The van der Waals surface area contributed by atoms with Crippen molar-refractivity contribution in [1.82, 2.24) is 0 Å². The van der Waals surface area contributed by atoms with Crippen molar-refractivity contribution < 1.29 is 8.83 Å². The molecule has 0 fully saturated rings. The monoisotopic (exact) mass is 980 g/mol. The average Bonchev–Trinajstić information content (AvgIpc) is 4.31. The van der Waals surface area contributed by atoms with Gasteiger partial charge in [0.05, 0.1) is 16.8 Å². The molecule has 77 heavy (non-hydrogen) atoms. The molecule has 358 valence electrons. The summed E-state index contributed by atoms with van der Waals surface area (Å²) in [6.45, 7) is 0. The van der Waals surface area contributed by atoms with Gasteiger partial charge in [-0.3, -0.25) is 0 Å². The van der Waals surface area contributed by atoms with E-state index in [1.165, 1.54) is 76.8 Å². The first-order valence-corrected chi connectivity index (χ1v) is 26.5. The molecule has 2 heterocycles. The van der Waals surface area contributed by atoms with E-state index in [0.29, 0.717) is 0 Å². The molecule has 0 aliphatic heterocycles. The van der Waals surface area contributed by atoms with Gasteiger partial charge in [-0.25, -0.2) is 0 Å².